The number of rotatable bonds is 1. The Morgan fingerprint density at radius 3 is 3.00 bits per heavy atom. The fraction of sp³-hybridized carbons (Fsp3) is 0.143. The van der Waals surface area contributed by atoms with Crippen LogP contribution in [0.3, 0.4) is 0 Å². The van der Waals surface area contributed by atoms with Crippen LogP contribution in [0.25, 0.3) is 11.2 Å². The van der Waals surface area contributed by atoms with Gasteiger partial charge in [0.25, 0.3) is 0 Å². The first-order chi connectivity index (χ1) is 5.42. The quantitative estimate of drug-likeness (QED) is 0.654. The van der Waals surface area contributed by atoms with Crippen molar-refractivity contribution in [2.45, 2.75) is 4.90 Å². The molecule has 2 heterocycles. The lowest BCUT2D eigenvalue weighted by Gasteiger charge is -1.88. The van der Waals surface area contributed by atoms with Crippen LogP contribution in [0.5, 0.6) is 0 Å². The number of aromatic amines is 1. The van der Waals surface area contributed by atoms with E-state index in [1.807, 2.05) is 12.5 Å². The minimum absolute atomic E-state index is 0.858. The maximum Gasteiger partial charge on any atom is 0.157 e. The van der Waals surface area contributed by atoms with Crippen LogP contribution in [0.1, 0.15) is 0 Å². The SMILES string of the molecule is CSc1c[nH]c2nccnc12. The Morgan fingerprint density at radius 2 is 2.18 bits per heavy atom. The lowest BCUT2D eigenvalue weighted by Crippen LogP contribution is -1.77. The molecule has 2 aromatic heterocycles. The number of hydrogen-bond donors (Lipinski definition) is 1. The van der Waals surface area contributed by atoms with Crippen LogP contribution in [-0.2, 0) is 0 Å². The molecule has 0 unspecified atom stereocenters. The van der Waals surface area contributed by atoms with Gasteiger partial charge in [0.2, 0.25) is 0 Å². The van der Waals surface area contributed by atoms with Crippen molar-refractivity contribution >= 4 is 22.9 Å². The van der Waals surface area contributed by atoms with Crippen molar-refractivity contribution in [2.24, 2.45) is 0 Å². The molecule has 1 N–H and O–H groups in total. The minimum Gasteiger partial charge on any atom is -0.344 e. The van der Waals surface area contributed by atoms with Gasteiger partial charge in [-0.05, 0) is 6.26 Å². The summed E-state index contributed by atoms with van der Waals surface area (Å²) in [6.45, 7) is 0. The van der Waals surface area contributed by atoms with Crippen LogP contribution in [-0.4, -0.2) is 21.2 Å². The van der Waals surface area contributed by atoms with E-state index in [-0.39, 0.29) is 0 Å². The van der Waals surface area contributed by atoms with Gasteiger partial charge in [0.1, 0.15) is 5.52 Å². The standard InChI is InChI=1S/C7H7N3S/c1-11-5-4-10-7-6(5)8-2-3-9-7/h2-4H,1H3,(H,9,10). The smallest absolute Gasteiger partial charge is 0.157 e. The summed E-state index contributed by atoms with van der Waals surface area (Å²) in [6.07, 6.45) is 7.34. The van der Waals surface area contributed by atoms with Crippen molar-refractivity contribution in [2.75, 3.05) is 6.26 Å². The summed E-state index contributed by atoms with van der Waals surface area (Å²) in [5, 5.41) is 0. The van der Waals surface area contributed by atoms with Gasteiger partial charge < -0.3 is 4.98 Å². The van der Waals surface area contributed by atoms with E-state index < -0.39 is 0 Å². The molecule has 0 saturated heterocycles. The second-order valence-corrected chi connectivity index (χ2v) is 2.96. The van der Waals surface area contributed by atoms with E-state index in [1.54, 1.807) is 24.2 Å². The van der Waals surface area contributed by atoms with Crippen LogP contribution in [0, 0.1) is 0 Å². The average molecular weight is 165 g/mol. The molecule has 0 amide bonds. The van der Waals surface area contributed by atoms with E-state index in [0.717, 1.165) is 16.1 Å². The highest BCUT2D eigenvalue weighted by Gasteiger charge is 2.01. The lowest BCUT2D eigenvalue weighted by atomic mass is 10.5. The molecule has 11 heavy (non-hydrogen) atoms. The molecule has 0 saturated carbocycles. The monoisotopic (exact) mass is 165 g/mol. The third-order valence-electron chi connectivity index (χ3n) is 1.49. The first-order valence-electron chi connectivity index (χ1n) is 3.24. The lowest BCUT2D eigenvalue weighted by molar-refractivity contribution is 1.26. The van der Waals surface area contributed by atoms with Crippen LogP contribution in [0.15, 0.2) is 23.5 Å². The maximum absolute atomic E-state index is 4.20. The predicted molar refractivity (Wildman–Crippen MR) is 45.7 cm³/mol. The first kappa shape index (κ1) is 6.67. The third-order valence-corrected chi connectivity index (χ3v) is 2.24. The zero-order valence-electron chi connectivity index (χ0n) is 6.03. The summed E-state index contributed by atoms with van der Waals surface area (Å²) in [6, 6.07) is 0. The van der Waals surface area contributed by atoms with Crippen molar-refractivity contribution in [1.82, 2.24) is 15.0 Å². The van der Waals surface area contributed by atoms with Crippen molar-refractivity contribution in [3.63, 3.8) is 0 Å². The third kappa shape index (κ3) is 0.991. The number of H-pyrrole nitrogens is 1. The molecule has 2 rings (SSSR count). The number of aromatic nitrogens is 3. The molecule has 4 heteroatoms. The average Bonchev–Trinajstić information content (AvgIpc) is 2.47. The van der Waals surface area contributed by atoms with E-state index in [2.05, 4.69) is 15.0 Å². The van der Waals surface area contributed by atoms with Gasteiger partial charge in [-0.2, -0.15) is 0 Å². The van der Waals surface area contributed by atoms with Gasteiger partial charge in [-0.25, -0.2) is 4.98 Å². The zero-order valence-corrected chi connectivity index (χ0v) is 6.85. The van der Waals surface area contributed by atoms with Crippen molar-refractivity contribution in [3.8, 4) is 0 Å². The number of nitrogens with one attached hydrogen (secondary N) is 1. The molecule has 0 spiro atoms. The van der Waals surface area contributed by atoms with Crippen LogP contribution >= 0.6 is 11.8 Å². The van der Waals surface area contributed by atoms with Gasteiger partial charge in [-0.3, -0.25) is 4.98 Å². The highest BCUT2D eigenvalue weighted by molar-refractivity contribution is 7.98. The van der Waals surface area contributed by atoms with Crippen molar-refractivity contribution < 1.29 is 0 Å². The molecule has 3 nitrogen and oxygen atoms in total. The summed E-state index contributed by atoms with van der Waals surface area (Å²) in [7, 11) is 0. The van der Waals surface area contributed by atoms with Crippen molar-refractivity contribution in [1.29, 1.82) is 0 Å². The Balaban J connectivity index is 2.76. The number of hydrogen-bond acceptors (Lipinski definition) is 3. The Bertz CT molecular complexity index is 368. The second-order valence-electron chi connectivity index (χ2n) is 2.11. The molecule has 0 radical (unpaired) electrons. The summed E-state index contributed by atoms with van der Waals surface area (Å²) >= 11 is 1.67. The molecule has 0 bridgehead atoms. The molecular formula is C7H7N3S. The van der Waals surface area contributed by atoms with Gasteiger partial charge in [-0.15, -0.1) is 11.8 Å². The fourth-order valence-corrected chi connectivity index (χ4v) is 1.50. The largest absolute Gasteiger partial charge is 0.344 e. The van der Waals surface area contributed by atoms with E-state index in [4.69, 9.17) is 0 Å². The number of fused-ring (bicyclic) bond motifs is 1. The predicted octanol–water partition coefficient (Wildman–Crippen LogP) is 1.68. The molecule has 0 aromatic carbocycles. The fourth-order valence-electron chi connectivity index (χ4n) is 0.982. The van der Waals surface area contributed by atoms with Crippen molar-refractivity contribution in [3.05, 3.63) is 18.6 Å². The topological polar surface area (TPSA) is 41.6 Å². The van der Waals surface area contributed by atoms with Gasteiger partial charge in [0.05, 0.1) is 4.90 Å². The highest BCUT2D eigenvalue weighted by atomic mass is 32.2. The molecule has 2 aromatic rings. The number of thioether (sulfide) groups is 1. The van der Waals surface area contributed by atoms with E-state index in [1.165, 1.54) is 0 Å². The van der Waals surface area contributed by atoms with Gasteiger partial charge >= 0.3 is 0 Å². The second kappa shape index (κ2) is 2.54. The Kier molecular flexibility index (Phi) is 1.54. The highest BCUT2D eigenvalue weighted by Crippen LogP contribution is 2.21. The normalized spacial score (nSPS) is 10.6. The molecule has 0 aliphatic rings. The van der Waals surface area contributed by atoms with E-state index in [0.29, 0.717) is 0 Å². The first-order valence-corrected chi connectivity index (χ1v) is 4.46. The Hall–Kier alpha value is -1.03. The molecular weight excluding hydrogens is 158 g/mol. The van der Waals surface area contributed by atoms with Crippen LogP contribution in [0.4, 0.5) is 0 Å². The summed E-state index contributed by atoms with van der Waals surface area (Å²) in [4.78, 5) is 12.5. The molecule has 0 atom stereocenters. The number of nitrogens with zero attached hydrogens (tertiary/aromatic N) is 2. The Labute approximate surface area is 68.2 Å². The molecule has 0 aliphatic heterocycles. The summed E-state index contributed by atoms with van der Waals surface area (Å²) < 4.78 is 0. The van der Waals surface area contributed by atoms with Crippen LogP contribution < -0.4 is 0 Å². The Morgan fingerprint density at radius 1 is 1.36 bits per heavy atom. The minimum atomic E-state index is 0.858. The van der Waals surface area contributed by atoms with E-state index in [9.17, 15) is 0 Å². The van der Waals surface area contributed by atoms with Crippen LogP contribution in [0.2, 0.25) is 0 Å². The van der Waals surface area contributed by atoms with Gasteiger partial charge in [0, 0.05) is 18.6 Å². The maximum atomic E-state index is 4.20. The molecule has 0 aliphatic carbocycles. The molecule has 56 valence electrons. The summed E-state index contributed by atoms with van der Waals surface area (Å²) in [5.41, 5.74) is 1.82. The van der Waals surface area contributed by atoms with Gasteiger partial charge in [-0.1, -0.05) is 0 Å². The molecule has 0 fully saturated rings. The van der Waals surface area contributed by atoms with E-state index >= 15 is 0 Å². The van der Waals surface area contributed by atoms with Gasteiger partial charge in [0.15, 0.2) is 5.65 Å². The zero-order chi connectivity index (χ0) is 7.68. The summed E-state index contributed by atoms with van der Waals surface area (Å²) in [5.74, 6) is 0.